The third kappa shape index (κ3) is 4.59. The van der Waals surface area contributed by atoms with Gasteiger partial charge in [0.2, 0.25) is 11.9 Å². The van der Waals surface area contributed by atoms with Gasteiger partial charge in [-0.15, -0.1) is 0 Å². The normalized spacial score (nSPS) is 15.8. The van der Waals surface area contributed by atoms with E-state index in [1.807, 2.05) is 68.1 Å². The minimum absolute atomic E-state index is 0.0846. The Bertz CT molecular complexity index is 1080. The van der Waals surface area contributed by atoms with Crippen molar-refractivity contribution in [2.45, 2.75) is 39.2 Å². The highest BCUT2D eigenvalue weighted by Crippen LogP contribution is 2.37. The molecule has 8 nitrogen and oxygen atoms in total. The van der Waals surface area contributed by atoms with E-state index < -0.39 is 0 Å². The maximum absolute atomic E-state index is 13.3. The van der Waals surface area contributed by atoms with Gasteiger partial charge in [0.05, 0.1) is 36.0 Å². The number of aromatic nitrogens is 3. The molecule has 4 rings (SSSR count). The van der Waals surface area contributed by atoms with Crippen LogP contribution in [0.25, 0.3) is 11.3 Å². The third-order valence-corrected chi connectivity index (χ3v) is 5.58. The van der Waals surface area contributed by atoms with E-state index in [0.717, 1.165) is 41.1 Å². The SMILES string of the molecule is CCOc1ccc(CC(=O)N2CCC[C@H]2c2nc(N(C)C)ncc2-c2cc(C)no2)cc1. The molecule has 0 radical (unpaired) electrons. The Hall–Kier alpha value is -3.42. The Kier molecular flexibility index (Phi) is 6.39. The molecule has 2 aromatic heterocycles. The van der Waals surface area contributed by atoms with Crippen LogP contribution in [0.3, 0.4) is 0 Å². The predicted molar refractivity (Wildman–Crippen MR) is 122 cm³/mol. The minimum atomic E-state index is -0.132. The van der Waals surface area contributed by atoms with Gasteiger partial charge in [0.15, 0.2) is 5.76 Å². The van der Waals surface area contributed by atoms with Crippen LogP contribution in [0.2, 0.25) is 0 Å². The smallest absolute Gasteiger partial charge is 0.227 e. The van der Waals surface area contributed by atoms with Crippen molar-refractivity contribution in [2.75, 3.05) is 32.1 Å². The Labute approximate surface area is 188 Å². The Morgan fingerprint density at radius 2 is 2.06 bits per heavy atom. The molecule has 32 heavy (non-hydrogen) atoms. The Balaban J connectivity index is 1.62. The lowest BCUT2D eigenvalue weighted by Gasteiger charge is -2.26. The zero-order valence-electron chi connectivity index (χ0n) is 19.0. The first-order chi connectivity index (χ1) is 15.5. The number of rotatable bonds is 7. The van der Waals surface area contributed by atoms with Gasteiger partial charge in [0.25, 0.3) is 0 Å². The van der Waals surface area contributed by atoms with E-state index in [9.17, 15) is 4.79 Å². The summed E-state index contributed by atoms with van der Waals surface area (Å²) in [5, 5.41) is 4.02. The topological polar surface area (TPSA) is 84.6 Å². The van der Waals surface area contributed by atoms with E-state index in [0.29, 0.717) is 31.3 Å². The van der Waals surface area contributed by atoms with Gasteiger partial charge in [-0.05, 0) is 44.4 Å². The zero-order valence-corrected chi connectivity index (χ0v) is 19.0. The van der Waals surface area contributed by atoms with Crippen molar-refractivity contribution >= 4 is 11.9 Å². The summed E-state index contributed by atoms with van der Waals surface area (Å²) in [6.07, 6.45) is 3.88. The second kappa shape index (κ2) is 9.38. The summed E-state index contributed by atoms with van der Waals surface area (Å²) in [5.41, 5.74) is 3.34. The van der Waals surface area contributed by atoms with E-state index in [1.165, 1.54) is 0 Å². The average Bonchev–Trinajstić information content (AvgIpc) is 3.44. The molecule has 168 valence electrons. The van der Waals surface area contributed by atoms with Crippen LogP contribution in [0.4, 0.5) is 5.95 Å². The molecule has 1 amide bonds. The lowest BCUT2D eigenvalue weighted by Crippen LogP contribution is -2.32. The van der Waals surface area contributed by atoms with E-state index >= 15 is 0 Å². The molecule has 1 saturated heterocycles. The molecular weight excluding hydrogens is 406 g/mol. The summed E-state index contributed by atoms with van der Waals surface area (Å²) in [4.78, 5) is 26.4. The molecule has 3 heterocycles. The molecule has 1 aliphatic rings. The van der Waals surface area contributed by atoms with E-state index in [4.69, 9.17) is 14.2 Å². The van der Waals surface area contributed by atoms with Gasteiger partial charge in [-0.2, -0.15) is 0 Å². The highest BCUT2D eigenvalue weighted by Gasteiger charge is 2.34. The highest BCUT2D eigenvalue weighted by atomic mass is 16.5. The number of likely N-dealkylation sites (tertiary alicyclic amines) is 1. The summed E-state index contributed by atoms with van der Waals surface area (Å²) in [6.45, 7) is 5.16. The van der Waals surface area contributed by atoms with Crippen LogP contribution >= 0.6 is 0 Å². The largest absolute Gasteiger partial charge is 0.494 e. The number of aryl methyl sites for hydroxylation is 1. The van der Waals surface area contributed by atoms with E-state index in [-0.39, 0.29) is 11.9 Å². The number of carbonyl (C=O) groups excluding carboxylic acids is 1. The fraction of sp³-hybridized carbons (Fsp3) is 0.417. The Morgan fingerprint density at radius 3 is 2.72 bits per heavy atom. The molecule has 0 unspecified atom stereocenters. The maximum atomic E-state index is 13.3. The van der Waals surface area contributed by atoms with Crippen LogP contribution < -0.4 is 9.64 Å². The standard InChI is InChI=1S/C24H29N5O3/c1-5-31-18-10-8-17(9-11-18)14-22(30)29-12-6-7-20(29)23-19(21-13-16(2)27-32-21)15-25-24(26-23)28(3)4/h8-11,13,15,20H,5-7,12,14H2,1-4H3/t20-/m0/s1. The highest BCUT2D eigenvalue weighted by molar-refractivity contribution is 5.80. The van der Waals surface area contributed by atoms with Crippen LogP contribution in [0.15, 0.2) is 41.1 Å². The van der Waals surface area contributed by atoms with Gasteiger partial charge in [0.1, 0.15) is 5.75 Å². The first-order valence-electron chi connectivity index (χ1n) is 11.0. The molecule has 0 bridgehead atoms. The van der Waals surface area contributed by atoms with Crippen LogP contribution in [-0.2, 0) is 11.2 Å². The first-order valence-corrected chi connectivity index (χ1v) is 11.0. The van der Waals surface area contributed by atoms with Crippen molar-refractivity contribution in [1.82, 2.24) is 20.0 Å². The van der Waals surface area contributed by atoms with Gasteiger partial charge in [-0.3, -0.25) is 4.79 Å². The summed E-state index contributed by atoms with van der Waals surface area (Å²) in [7, 11) is 3.81. The van der Waals surface area contributed by atoms with Crippen LogP contribution in [0, 0.1) is 6.92 Å². The predicted octanol–water partition coefficient (Wildman–Crippen LogP) is 3.81. The van der Waals surface area contributed by atoms with Crippen molar-refractivity contribution in [2.24, 2.45) is 0 Å². The van der Waals surface area contributed by atoms with Crippen LogP contribution in [-0.4, -0.2) is 53.2 Å². The molecule has 0 N–H and O–H groups in total. The van der Waals surface area contributed by atoms with Gasteiger partial charge in [-0.1, -0.05) is 17.3 Å². The molecule has 1 atom stereocenters. The fourth-order valence-corrected chi connectivity index (χ4v) is 4.03. The van der Waals surface area contributed by atoms with Gasteiger partial charge in [-0.25, -0.2) is 9.97 Å². The number of carbonyl (C=O) groups is 1. The Morgan fingerprint density at radius 1 is 1.28 bits per heavy atom. The van der Waals surface area contributed by atoms with Crippen molar-refractivity contribution < 1.29 is 14.1 Å². The molecule has 8 heteroatoms. The monoisotopic (exact) mass is 435 g/mol. The fourth-order valence-electron chi connectivity index (χ4n) is 4.03. The summed E-state index contributed by atoms with van der Waals surface area (Å²) in [5.74, 6) is 2.12. The van der Waals surface area contributed by atoms with Crippen LogP contribution in [0.5, 0.6) is 5.75 Å². The second-order valence-corrected chi connectivity index (χ2v) is 8.19. The molecule has 3 aromatic rings. The molecule has 0 saturated carbocycles. The first kappa shape index (κ1) is 21.8. The number of amides is 1. The second-order valence-electron chi connectivity index (χ2n) is 8.19. The molecule has 1 aliphatic heterocycles. The van der Waals surface area contributed by atoms with Gasteiger partial charge >= 0.3 is 0 Å². The number of ether oxygens (including phenoxy) is 1. The van der Waals surface area contributed by atoms with Crippen LogP contribution in [0.1, 0.15) is 42.8 Å². The van der Waals surface area contributed by atoms with E-state index in [1.54, 1.807) is 6.20 Å². The number of hydrogen-bond acceptors (Lipinski definition) is 7. The molecule has 1 fully saturated rings. The van der Waals surface area contributed by atoms with Crippen molar-refractivity contribution in [3.63, 3.8) is 0 Å². The molecule has 0 aliphatic carbocycles. The number of benzene rings is 1. The van der Waals surface area contributed by atoms with Crippen molar-refractivity contribution in [3.05, 3.63) is 53.5 Å². The van der Waals surface area contributed by atoms with Gasteiger partial charge in [0, 0.05) is 32.9 Å². The number of hydrogen-bond donors (Lipinski definition) is 0. The van der Waals surface area contributed by atoms with Crippen molar-refractivity contribution in [3.8, 4) is 17.1 Å². The lowest BCUT2D eigenvalue weighted by molar-refractivity contribution is -0.131. The molecular formula is C24H29N5O3. The van der Waals surface area contributed by atoms with Crippen molar-refractivity contribution in [1.29, 1.82) is 0 Å². The maximum Gasteiger partial charge on any atom is 0.227 e. The summed E-state index contributed by atoms with van der Waals surface area (Å²) >= 11 is 0. The average molecular weight is 436 g/mol. The van der Waals surface area contributed by atoms with E-state index in [2.05, 4.69) is 10.1 Å². The summed E-state index contributed by atoms with van der Waals surface area (Å²) in [6, 6.07) is 9.46. The number of anilines is 1. The molecule has 1 aromatic carbocycles. The quantitative estimate of drug-likeness (QED) is 0.558. The lowest BCUT2D eigenvalue weighted by atomic mass is 10.0. The zero-order chi connectivity index (χ0) is 22.7. The minimum Gasteiger partial charge on any atom is -0.494 e. The van der Waals surface area contributed by atoms with Gasteiger partial charge < -0.3 is 19.1 Å². The third-order valence-electron chi connectivity index (χ3n) is 5.58. The summed E-state index contributed by atoms with van der Waals surface area (Å²) < 4.78 is 11.0. The number of nitrogens with zero attached hydrogens (tertiary/aromatic N) is 5. The molecule has 0 spiro atoms.